The molecule has 0 aromatic heterocycles. The monoisotopic (exact) mass is 324 g/mol. The molecule has 0 aliphatic rings. The molecule has 0 bridgehead atoms. The minimum atomic E-state index is -0.963. The zero-order chi connectivity index (χ0) is 15.2. The van der Waals surface area contributed by atoms with Crippen molar-refractivity contribution < 1.29 is 71.5 Å². The molecule has 0 atom stereocenters. The van der Waals surface area contributed by atoms with Gasteiger partial charge in [0.25, 0.3) is 0 Å². The van der Waals surface area contributed by atoms with Crippen molar-refractivity contribution in [3.8, 4) is 0 Å². The van der Waals surface area contributed by atoms with Crippen LogP contribution in [-0.4, -0.2) is 53.3 Å². The summed E-state index contributed by atoms with van der Waals surface area (Å²) in [5, 5.41) is 29.0. The van der Waals surface area contributed by atoms with E-state index in [-0.39, 0.29) is 77.1 Å². The Balaban J connectivity index is 0. The Morgan fingerprint density at radius 1 is 1.33 bits per heavy atom. The smallest absolute Gasteiger partial charge is 0.862 e. The molecular weight excluding hydrogens is 299 g/mol. The first-order chi connectivity index (χ1) is 9.60. The predicted molar refractivity (Wildman–Crippen MR) is 76.5 cm³/mol. The average Bonchev–Trinajstić information content (AvgIpc) is 2.41. The number of hydrogen-bond acceptors (Lipinski definition) is 5. The molecule has 0 aromatic carbocycles. The summed E-state index contributed by atoms with van der Waals surface area (Å²) in [7, 11) is 0. The number of aliphatic carboxylic acids is 1. The van der Waals surface area contributed by atoms with Crippen LogP contribution in [0.1, 0.15) is 39.0 Å². The number of allylic oxidation sites excluding steroid dienone is 2. The molecule has 0 radical (unpaired) electrons. The van der Waals surface area contributed by atoms with E-state index in [0.717, 1.165) is 19.3 Å². The second-order valence-corrected chi connectivity index (χ2v) is 4.49. The van der Waals surface area contributed by atoms with Crippen molar-refractivity contribution in [1.82, 2.24) is 4.90 Å². The van der Waals surface area contributed by atoms with Crippen LogP contribution in [0.2, 0.25) is 0 Å². The Kier molecular flexibility index (Phi) is 18.6. The predicted octanol–water partition coefficient (Wildman–Crippen LogP) is -2.39. The summed E-state index contributed by atoms with van der Waals surface area (Å²) in [6.45, 7) is 2.37. The topological polar surface area (TPSA) is 96.2 Å². The van der Waals surface area contributed by atoms with Gasteiger partial charge < -0.3 is 15.3 Å². The van der Waals surface area contributed by atoms with E-state index in [4.69, 9.17) is 10.2 Å². The second kappa shape index (κ2) is 16.6. The van der Waals surface area contributed by atoms with E-state index >= 15 is 0 Å². The van der Waals surface area contributed by atoms with Gasteiger partial charge in [0, 0.05) is 13.2 Å². The molecule has 0 saturated carbocycles. The van der Waals surface area contributed by atoms with Crippen LogP contribution in [0.3, 0.4) is 0 Å². The van der Waals surface area contributed by atoms with Gasteiger partial charge in [0.15, 0.2) is 0 Å². The third-order valence-corrected chi connectivity index (χ3v) is 2.60. The summed E-state index contributed by atoms with van der Waals surface area (Å²) in [6.07, 6.45) is 7.57. The minimum Gasteiger partial charge on any atom is -0.862 e. The number of carbonyl (C=O) groups is 1. The maximum Gasteiger partial charge on any atom is 1.00 e. The van der Waals surface area contributed by atoms with Gasteiger partial charge in [-0.1, -0.05) is 19.1 Å². The first-order valence-corrected chi connectivity index (χ1v) is 7.00. The molecule has 0 heterocycles. The SMILES string of the molecule is CC/C=C/CCCC([O-])=NCN(CCCO)CC(=O)O.[K+]. The number of aliphatic imine (C=N–C) groups is 1. The molecule has 6 nitrogen and oxygen atoms in total. The van der Waals surface area contributed by atoms with Gasteiger partial charge in [0.2, 0.25) is 0 Å². The summed E-state index contributed by atoms with van der Waals surface area (Å²) in [4.78, 5) is 16.1. The fourth-order valence-corrected chi connectivity index (χ4v) is 1.60. The number of rotatable bonds is 12. The summed E-state index contributed by atoms with van der Waals surface area (Å²) >= 11 is 0. The standard InChI is InChI=1S/C14H26N2O4.K/c1-2-3-4-5-6-8-13(18)15-12-16(9-7-10-17)11-14(19)20;/h3-4,17H,2,5-12H2,1H3,(H,15,18)(H,19,20);/q;+1/p-1/b4-3+;. The number of carboxylic acid groups (broad SMARTS) is 1. The minimum absolute atomic E-state index is 0. The van der Waals surface area contributed by atoms with Crippen molar-refractivity contribution in [3.05, 3.63) is 12.2 Å². The Hall–Kier alpha value is 0.236. The number of nitrogens with zero attached hydrogens (tertiary/aromatic N) is 2. The fraction of sp³-hybridized carbons (Fsp3) is 0.714. The van der Waals surface area contributed by atoms with Gasteiger partial charge in [0.05, 0.1) is 13.2 Å². The van der Waals surface area contributed by atoms with Crippen LogP contribution < -0.4 is 56.5 Å². The third kappa shape index (κ3) is 16.4. The molecule has 21 heavy (non-hydrogen) atoms. The zero-order valence-electron chi connectivity index (χ0n) is 13.1. The van der Waals surface area contributed by atoms with Crippen LogP contribution in [0, 0.1) is 0 Å². The number of unbranched alkanes of at least 4 members (excludes halogenated alkanes) is 1. The van der Waals surface area contributed by atoms with Crippen molar-refractivity contribution in [2.75, 3.05) is 26.4 Å². The summed E-state index contributed by atoms with van der Waals surface area (Å²) in [5.41, 5.74) is 0. The maximum absolute atomic E-state index is 11.5. The van der Waals surface area contributed by atoms with E-state index in [2.05, 4.69) is 18.0 Å². The van der Waals surface area contributed by atoms with Crippen molar-refractivity contribution in [2.24, 2.45) is 4.99 Å². The Labute approximate surface area is 169 Å². The van der Waals surface area contributed by atoms with E-state index in [0.29, 0.717) is 19.4 Å². The van der Waals surface area contributed by atoms with Crippen LogP contribution >= 0.6 is 0 Å². The van der Waals surface area contributed by atoms with E-state index in [1.165, 1.54) is 4.90 Å². The van der Waals surface area contributed by atoms with E-state index < -0.39 is 5.97 Å². The second-order valence-electron chi connectivity index (χ2n) is 4.49. The molecule has 0 amide bonds. The van der Waals surface area contributed by atoms with Gasteiger partial charge in [-0.25, -0.2) is 0 Å². The van der Waals surface area contributed by atoms with Crippen molar-refractivity contribution >= 4 is 11.9 Å². The molecule has 0 aliphatic heterocycles. The van der Waals surface area contributed by atoms with Gasteiger partial charge in [-0.2, -0.15) is 0 Å². The summed E-state index contributed by atoms with van der Waals surface area (Å²) < 4.78 is 0. The molecular formula is C14H25KN2O4. The molecule has 0 aromatic rings. The molecule has 7 heteroatoms. The van der Waals surface area contributed by atoms with Gasteiger partial charge in [-0.15, -0.1) is 0 Å². The normalized spacial score (nSPS) is 11.9. The molecule has 0 saturated heterocycles. The Bertz CT molecular complexity index is 322. The van der Waals surface area contributed by atoms with E-state index in [9.17, 15) is 9.90 Å². The van der Waals surface area contributed by atoms with Crippen molar-refractivity contribution in [3.63, 3.8) is 0 Å². The van der Waals surface area contributed by atoms with Gasteiger partial charge in [-0.3, -0.25) is 14.7 Å². The van der Waals surface area contributed by atoms with Crippen molar-refractivity contribution in [1.29, 1.82) is 0 Å². The molecule has 0 fully saturated rings. The number of aliphatic hydroxyl groups is 1. The van der Waals surface area contributed by atoms with Crippen LogP contribution in [0.25, 0.3) is 0 Å². The molecule has 116 valence electrons. The molecule has 0 unspecified atom stereocenters. The quantitative estimate of drug-likeness (QED) is 0.137. The first kappa shape index (κ1) is 23.5. The van der Waals surface area contributed by atoms with E-state index in [1.807, 2.05) is 6.08 Å². The molecule has 0 aliphatic carbocycles. The molecule has 0 rings (SSSR count). The maximum atomic E-state index is 11.5. The largest absolute Gasteiger partial charge is 1.00 e. The Morgan fingerprint density at radius 2 is 2.05 bits per heavy atom. The number of carboxylic acids is 1. The van der Waals surface area contributed by atoms with Gasteiger partial charge >= 0.3 is 57.4 Å². The average molecular weight is 324 g/mol. The van der Waals surface area contributed by atoms with Gasteiger partial charge in [0.1, 0.15) is 0 Å². The Morgan fingerprint density at radius 3 is 2.62 bits per heavy atom. The van der Waals surface area contributed by atoms with Crippen LogP contribution in [0.4, 0.5) is 0 Å². The van der Waals surface area contributed by atoms with Gasteiger partial charge in [-0.05, 0) is 38.0 Å². The first-order valence-electron chi connectivity index (χ1n) is 7.00. The number of hydrogen-bond donors (Lipinski definition) is 2. The zero-order valence-corrected chi connectivity index (χ0v) is 16.2. The van der Waals surface area contributed by atoms with E-state index in [1.54, 1.807) is 0 Å². The molecule has 2 N–H and O–H groups in total. The van der Waals surface area contributed by atoms with Crippen LogP contribution in [-0.2, 0) is 4.79 Å². The number of aliphatic hydroxyl groups excluding tert-OH is 1. The van der Waals surface area contributed by atoms with Crippen LogP contribution in [0.15, 0.2) is 17.1 Å². The third-order valence-electron chi connectivity index (χ3n) is 2.60. The van der Waals surface area contributed by atoms with Crippen molar-refractivity contribution in [2.45, 2.75) is 39.0 Å². The molecule has 0 spiro atoms. The van der Waals surface area contributed by atoms with Crippen LogP contribution in [0.5, 0.6) is 0 Å². The fourth-order valence-electron chi connectivity index (χ4n) is 1.60. The summed E-state index contributed by atoms with van der Waals surface area (Å²) in [5.74, 6) is -1.16. The summed E-state index contributed by atoms with van der Waals surface area (Å²) in [6, 6.07) is 0.